The fraction of sp³-hybridized carbons (Fsp3) is 0.333. The van der Waals surface area contributed by atoms with Gasteiger partial charge in [-0.25, -0.2) is 9.97 Å². The van der Waals surface area contributed by atoms with E-state index in [9.17, 15) is 0 Å². The van der Waals surface area contributed by atoms with Crippen LogP contribution in [0.2, 0.25) is 0 Å². The van der Waals surface area contributed by atoms with Crippen LogP contribution >= 0.6 is 0 Å². The summed E-state index contributed by atoms with van der Waals surface area (Å²) in [6, 6.07) is 8.36. The van der Waals surface area contributed by atoms with Gasteiger partial charge in [-0.05, 0) is 24.0 Å². The van der Waals surface area contributed by atoms with Crippen molar-refractivity contribution < 1.29 is 4.74 Å². The second kappa shape index (κ2) is 6.29. The number of hydrogen-bond donors (Lipinski definition) is 1. The highest BCUT2D eigenvalue weighted by Gasteiger charge is 2.11. The Kier molecular flexibility index (Phi) is 4.47. The van der Waals surface area contributed by atoms with Gasteiger partial charge in [-0.3, -0.25) is 0 Å². The van der Waals surface area contributed by atoms with E-state index >= 15 is 0 Å². The normalized spacial score (nSPS) is 12.2. The molecule has 4 heteroatoms. The van der Waals surface area contributed by atoms with Crippen LogP contribution in [0.1, 0.15) is 37.3 Å². The third-order valence-corrected chi connectivity index (χ3v) is 3.18. The SMILES string of the molecule is CCC(C)c1ccccc1Oc1ncc(CN)cn1. The first kappa shape index (κ1) is 13.5. The third-order valence-electron chi connectivity index (χ3n) is 3.18. The zero-order valence-corrected chi connectivity index (χ0v) is 11.3. The minimum absolute atomic E-state index is 0.355. The fourth-order valence-corrected chi connectivity index (χ4v) is 1.80. The van der Waals surface area contributed by atoms with Crippen LogP contribution in [-0.2, 0) is 6.54 Å². The number of rotatable bonds is 5. The van der Waals surface area contributed by atoms with Gasteiger partial charge in [0.05, 0.1) is 0 Å². The molecule has 0 fully saturated rings. The van der Waals surface area contributed by atoms with Crippen LogP contribution in [0.5, 0.6) is 11.8 Å². The smallest absolute Gasteiger partial charge is 0.321 e. The van der Waals surface area contributed by atoms with E-state index in [0.717, 1.165) is 17.7 Å². The number of hydrogen-bond acceptors (Lipinski definition) is 4. The average Bonchev–Trinajstić information content (AvgIpc) is 2.48. The molecule has 4 nitrogen and oxygen atoms in total. The third kappa shape index (κ3) is 3.29. The molecule has 19 heavy (non-hydrogen) atoms. The molecule has 1 heterocycles. The average molecular weight is 257 g/mol. The first-order valence-corrected chi connectivity index (χ1v) is 6.52. The Morgan fingerprint density at radius 1 is 1.21 bits per heavy atom. The van der Waals surface area contributed by atoms with Gasteiger partial charge in [-0.1, -0.05) is 32.0 Å². The molecule has 0 aliphatic carbocycles. The van der Waals surface area contributed by atoms with E-state index in [-0.39, 0.29) is 0 Å². The molecule has 0 bridgehead atoms. The molecule has 1 aromatic carbocycles. The van der Waals surface area contributed by atoms with E-state index in [1.807, 2.05) is 18.2 Å². The molecule has 2 aromatic rings. The lowest BCUT2D eigenvalue weighted by atomic mass is 9.98. The largest absolute Gasteiger partial charge is 0.424 e. The molecule has 0 spiro atoms. The van der Waals surface area contributed by atoms with Crippen LogP contribution in [-0.4, -0.2) is 9.97 Å². The molecule has 0 amide bonds. The van der Waals surface area contributed by atoms with Gasteiger partial charge in [0, 0.05) is 24.5 Å². The first-order valence-electron chi connectivity index (χ1n) is 6.52. The fourth-order valence-electron chi connectivity index (χ4n) is 1.80. The Hall–Kier alpha value is -1.94. The summed E-state index contributed by atoms with van der Waals surface area (Å²) in [7, 11) is 0. The van der Waals surface area contributed by atoms with Crippen molar-refractivity contribution in [2.45, 2.75) is 32.7 Å². The van der Waals surface area contributed by atoms with Crippen LogP contribution in [0.25, 0.3) is 0 Å². The molecule has 100 valence electrons. The quantitative estimate of drug-likeness (QED) is 0.893. The molecule has 0 aliphatic rings. The lowest BCUT2D eigenvalue weighted by Crippen LogP contribution is -2.01. The highest BCUT2D eigenvalue weighted by atomic mass is 16.5. The van der Waals surface area contributed by atoms with Crippen molar-refractivity contribution in [1.82, 2.24) is 9.97 Å². The van der Waals surface area contributed by atoms with Gasteiger partial charge in [0.2, 0.25) is 0 Å². The molecular weight excluding hydrogens is 238 g/mol. The lowest BCUT2D eigenvalue weighted by molar-refractivity contribution is 0.431. The van der Waals surface area contributed by atoms with Crippen LogP contribution in [0, 0.1) is 0 Å². The number of ether oxygens (including phenoxy) is 1. The van der Waals surface area contributed by atoms with Gasteiger partial charge in [0.25, 0.3) is 0 Å². The van der Waals surface area contributed by atoms with E-state index in [1.165, 1.54) is 5.56 Å². The second-order valence-electron chi connectivity index (χ2n) is 4.53. The Labute approximate surface area is 113 Å². The van der Waals surface area contributed by atoms with Crippen molar-refractivity contribution in [2.24, 2.45) is 5.73 Å². The van der Waals surface area contributed by atoms with E-state index in [2.05, 4.69) is 29.9 Å². The number of nitrogens with zero attached hydrogens (tertiary/aromatic N) is 2. The van der Waals surface area contributed by atoms with Crippen molar-refractivity contribution in [3.8, 4) is 11.8 Å². The maximum Gasteiger partial charge on any atom is 0.321 e. The van der Waals surface area contributed by atoms with Crippen molar-refractivity contribution in [3.63, 3.8) is 0 Å². The Bertz CT molecular complexity index is 525. The molecule has 0 saturated heterocycles. The monoisotopic (exact) mass is 257 g/mol. The lowest BCUT2D eigenvalue weighted by Gasteiger charge is -2.14. The Morgan fingerprint density at radius 3 is 2.53 bits per heavy atom. The summed E-state index contributed by atoms with van der Waals surface area (Å²) in [5.74, 6) is 1.26. The molecule has 0 saturated carbocycles. The molecule has 2 N–H and O–H groups in total. The second-order valence-corrected chi connectivity index (χ2v) is 4.53. The summed E-state index contributed by atoms with van der Waals surface area (Å²) in [5, 5.41) is 0. The predicted molar refractivity (Wildman–Crippen MR) is 75.1 cm³/mol. The summed E-state index contributed by atoms with van der Waals surface area (Å²) in [6.45, 7) is 4.78. The molecule has 2 rings (SSSR count). The number of aromatic nitrogens is 2. The molecular formula is C15H19N3O. The predicted octanol–water partition coefficient (Wildman–Crippen LogP) is 3.24. The minimum Gasteiger partial charge on any atom is -0.424 e. The highest BCUT2D eigenvalue weighted by molar-refractivity contribution is 5.37. The van der Waals surface area contributed by atoms with Gasteiger partial charge in [0.1, 0.15) is 5.75 Å². The van der Waals surface area contributed by atoms with Crippen LogP contribution in [0.3, 0.4) is 0 Å². The highest BCUT2D eigenvalue weighted by Crippen LogP contribution is 2.30. The number of nitrogens with two attached hydrogens (primary N) is 1. The maximum atomic E-state index is 5.77. The van der Waals surface area contributed by atoms with Crippen LogP contribution in [0.15, 0.2) is 36.7 Å². The number of benzene rings is 1. The van der Waals surface area contributed by atoms with E-state index in [0.29, 0.717) is 18.5 Å². The van der Waals surface area contributed by atoms with Gasteiger partial charge < -0.3 is 10.5 Å². The Balaban J connectivity index is 2.22. The van der Waals surface area contributed by atoms with E-state index in [4.69, 9.17) is 10.5 Å². The maximum absolute atomic E-state index is 5.77. The van der Waals surface area contributed by atoms with Gasteiger partial charge in [-0.15, -0.1) is 0 Å². The summed E-state index contributed by atoms with van der Waals surface area (Å²) >= 11 is 0. The Morgan fingerprint density at radius 2 is 1.89 bits per heavy atom. The van der Waals surface area contributed by atoms with Gasteiger partial charge in [0.15, 0.2) is 0 Å². The summed E-state index contributed by atoms with van der Waals surface area (Å²) in [4.78, 5) is 8.32. The molecule has 1 aromatic heterocycles. The summed E-state index contributed by atoms with van der Waals surface area (Å²) in [5.41, 5.74) is 7.58. The van der Waals surface area contributed by atoms with E-state index in [1.54, 1.807) is 12.4 Å². The minimum atomic E-state index is 0.355. The standard InChI is InChI=1S/C15H19N3O/c1-3-11(2)13-6-4-5-7-14(13)19-15-17-9-12(8-16)10-18-15/h4-7,9-11H,3,8,16H2,1-2H3. The van der Waals surface area contributed by atoms with Gasteiger partial charge in [-0.2, -0.15) is 0 Å². The summed E-state index contributed by atoms with van der Waals surface area (Å²) in [6.07, 6.45) is 4.44. The number of para-hydroxylation sites is 1. The van der Waals surface area contributed by atoms with E-state index < -0.39 is 0 Å². The summed E-state index contributed by atoms with van der Waals surface area (Å²) < 4.78 is 5.77. The van der Waals surface area contributed by atoms with Gasteiger partial charge >= 0.3 is 6.01 Å². The first-order chi connectivity index (χ1) is 9.24. The molecule has 0 radical (unpaired) electrons. The molecule has 1 atom stereocenters. The zero-order valence-electron chi connectivity index (χ0n) is 11.3. The van der Waals surface area contributed by atoms with Crippen molar-refractivity contribution >= 4 is 0 Å². The van der Waals surface area contributed by atoms with Crippen molar-refractivity contribution in [2.75, 3.05) is 0 Å². The molecule has 0 aliphatic heterocycles. The van der Waals surface area contributed by atoms with Crippen LogP contribution in [0.4, 0.5) is 0 Å². The van der Waals surface area contributed by atoms with Crippen LogP contribution < -0.4 is 10.5 Å². The molecule has 1 unspecified atom stereocenters. The zero-order chi connectivity index (χ0) is 13.7. The van der Waals surface area contributed by atoms with Crippen molar-refractivity contribution in [3.05, 3.63) is 47.8 Å². The van der Waals surface area contributed by atoms with Crippen molar-refractivity contribution in [1.29, 1.82) is 0 Å². The topological polar surface area (TPSA) is 61.0 Å².